The molecule has 2 aromatic heterocycles. The van der Waals surface area contributed by atoms with E-state index < -0.39 is 0 Å². The summed E-state index contributed by atoms with van der Waals surface area (Å²) in [6.07, 6.45) is 3.21. The van der Waals surface area contributed by atoms with E-state index in [2.05, 4.69) is 50.5 Å². The summed E-state index contributed by atoms with van der Waals surface area (Å²) < 4.78 is 2.21. The molecule has 5 heteroatoms. The monoisotopic (exact) mass is 298 g/mol. The van der Waals surface area contributed by atoms with Crippen LogP contribution in [0.25, 0.3) is 4.96 Å². The van der Waals surface area contributed by atoms with Crippen LogP contribution < -0.4 is 10.2 Å². The molecule has 1 N–H and O–H groups in total. The summed E-state index contributed by atoms with van der Waals surface area (Å²) in [5.74, 6) is 1.13. The fourth-order valence-corrected chi connectivity index (χ4v) is 3.81. The molecule has 0 saturated carbocycles. The molecule has 3 heterocycles. The first-order valence-electron chi connectivity index (χ1n) is 7.27. The highest BCUT2D eigenvalue weighted by atomic mass is 32.1. The van der Waals surface area contributed by atoms with Crippen LogP contribution in [0.4, 0.5) is 5.82 Å². The molecule has 0 amide bonds. The van der Waals surface area contributed by atoms with E-state index in [1.54, 1.807) is 11.3 Å². The minimum atomic E-state index is 0.839. The van der Waals surface area contributed by atoms with Crippen molar-refractivity contribution in [2.24, 2.45) is 0 Å². The maximum Gasteiger partial charge on any atom is 0.195 e. The molecule has 0 aliphatic carbocycles. The number of thiazole rings is 1. The van der Waals surface area contributed by atoms with Crippen molar-refractivity contribution in [1.29, 1.82) is 0 Å². The maximum atomic E-state index is 4.86. The molecule has 3 aromatic rings. The van der Waals surface area contributed by atoms with Crippen LogP contribution in [0.5, 0.6) is 0 Å². The van der Waals surface area contributed by atoms with Crippen LogP contribution in [0, 0.1) is 0 Å². The normalized spacial score (nSPS) is 14.6. The minimum absolute atomic E-state index is 0.839. The van der Waals surface area contributed by atoms with Gasteiger partial charge in [-0.1, -0.05) is 24.3 Å². The first-order valence-corrected chi connectivity index (χ1v) is 8.15. The molecule has 0 radical (unpaired) electrons. The Morgan fingerprint density at radius 1 is 1.29 bits per heavy atom. The van der Waals surface area contributed by atoms with Crippen molar-refractivity contribution >= 4 is 22.1 Å². The van der Waals surface area contributed by atoms with Gasteiger partial charge in [-0.25, -0.2) is 4.98 Å². The lowest BCUT2D eigenvalue weighted by Crippen LogP contribution is -2.31. The number of aromatic nitrogens is 2. The molecule has 21 heavy (non-hydrogen) atoms. The molecule has 0 saturated heterocycles. The third-order valence-electron chi connectivity index (χ3n) is 4.11. The Morgan fingerprint density at radius 2 is 2.14 bits per heavy atom. The zero-order chi connectivity index (χ0) is 14.2. The number of nitrogens with one attached hydrogen (secondary N) is 1. The van der Waals surface area contributed by atoms with Gasteiger partial charge in [0.15, 0.2) is 10.8 Å². The molecule has 0 bridgehead atoms. The summed E-state index contributed by atoms with van der Waals surface area (Å²) in [4.78, 5) is 8.34. The molecule has 0 atom stereocenters. The summed E-state index contributed by atoms with van der Waals surface area (Å²) in [7, 11) is 1.99. The molecule has 1 aromatic carbocycles. The standard InChI is InChI=1S/C16H18N4S/c1-17-10-14-15(18-16-20(14)8-9-21-16)19-7-6-12-4-2-3-5-13(12)11-19/h2-5,8-9,17H,6-7,10-11H2,1H3. The lowest BCUT2D eigenvalue weighted by molar-refractivity contribution is 0.706. The van der Waals surface area contributed by atoms with E-state index in [0.29, 0.717) is 0 Å². The van der Waals surface area contributed by atoms with E-state index in [0.717, 1.165) is 36.8 Å². The van der Waals surface area contributed by atoms with Crippen molar-refractivity contribution < 1.29 is 0 Å². The van der Waals surface area contributed by atoms with Crippen molar-refractivity contribution in [1.82, 2.24) is 14.7 Å². The van der Waals surface area contributed by atoms with Crippen LogP contribution in [0.1, 0.15) is 16.8 Å². The number of benzene rings is 1. The third kappa shape index (κ3) is 2.13. The van der Waals surface area contributed by atoms with E-state index in [1.807, 2.05) is 7.05 Å². The summed E-state index contributed by atoms with van der Waals surface area (Å²) in [6, 6.07) is 8.74. The van der Waals surface area contributed by atoms with Gasteiger partial charge in [-0.3, -0.25) is 4.40 Å². The Morgan fingerprint density at radius 3 is 3.00 bits per heavy atom. The lowest BCUT2D eigenvalue weighted by atomic mass is 10.00. The van der Waals surface area contributed by atoms with Gasteiger partial charge in [-0.2, -0.15) is 0 Å². The fraction of sp³-hybridized carbons (Fsp3) is 0.312. The topological polar surface area (TPSA) is 32.6 Å². The predicted molar refractivity (Wildman–Crippen MR) is 87.0 cm³/mol. The molecule has 0 spiro atoms. The second-order valence-electron chi connectivity index (χ2n) is 5.41. The second kappa shape index (κ2) is 5.16. The van der Waals surface area contributed by atoms with Crippen molar-refractivity contribution in [3.8, 4) is 0 Å². The smallest absolute Gasteiger partial charge is 0.195 e. The molecule has 1 aliphatic rings. The highest BCUT2D eigenvalue weighted by Gasteiger charge is 2.22. The number of hydrogen-bond donors (Lipinski definition) is 1. The van der Waals surface area contributed by atoms with Gasteiger partial charge in [-0.15, -0.1) is 11.3 Å². The Bertz CT molecular complexity index is 774. The van der Waals surface area contributed by atoms with Crippen molar-refractivity contribution in [2.45, 2.75) is 19.5 Å². The number of hydrogen-bond acceptors (Lipinski definition) is 4. The van der Waals surface area contributed by atoms with Crippen LogP contribution in [-0.4, -0.2) is 23.0 Å². The van der Waals surface area contributed by atoms with Gasteiger partial charge in [0.2, 0.25) is 0 Å². The largest absolute Gasteiger partial charge is 0.350 e. The average molecular weight is 298 g/mol. The van der Waals surface area contributed by atoms with Crippen LogP contribution >= 0.6 is 11.3 Å². The van der Waals surface area contributed by atoms with E-state index in [9.17, 15) is 0 Å². The molecule has 4 rings (SSSR count). The molecular weight excluding hydrogens is 280 g/mol. The maximum absolute atomic E-state index is 4.86. The number of fused-ring (bicyclic) bond motifs is 2. The first-order chi connectivity index (χ1) is 10.4. The number of rotatable bonds is 3. The van der Waals surface area contributed by atoms with Crippen molar-refractivity contribution in [3.63, 3.8) is 0 Å². The fourth-order valence-electron chi connectivity index (χ4n) is 3.08. The highest BCUT2D eigenvalue weighted by molar-refractivity contribution is 7.15. The van der Waals surface area contributed by atoms with E-state index in [-0.39, 0.29) is 0 Å². The van der Waals surface area contributed by atoms with E-state index in [1.165, 1.54) is 16.8 Å². The highest BCUT2D eigenvalue weighted by Crippen LogP contribution is 2.29. The van der Waals surface area contributed by atoms with Gasteiger partial charge >= 0.3 is 0 Å². The number of nitrogens with zero attached hydrogens (tertiary/aromatic N) is 3. The van der Waals surface area contributed by atoms with Gasteiger partial charge in [0.25, 0.3) is 0 Å². The number of anilines is 1. The molecule has 0 unspecified atom stereocenters. The SMILES string of the molecule is CNCc1c(N2CCc3ccccc3C2)nc2sccn12. The van der Waals surface area contributed by atoms with Crippen LogP contribution in [-0.2, 0) is 19.5 Å². The van der Waals surface area contributed by atoms with Gasteiger partial charge in [-0.05, 0) is 24.6 Å². The molecule has 0 fully saturated rings. The molecular formula is C16H18N4S. The Labute approximate surface area is 128 Å². The van der Waals surface area contributed by atoms with Gasteiger partial charge in [0.05, 0.1) is 5.69 Å². The average Bonchev–Trinajstić information content (AvgIpc) is 3.10. The summed E-state index contributed by atoms with van der Waals surface area (Å²) in [5, 5.41) is 5.36. The van der Waals surface area contributed by atoms with Crippen molar-refractivity contribution in [3.05, 3.63) is 52.7 Å². The Kier molecular flexibility index (Phi) is 3.16. The summed E-state index contributed by atoms with van der Waals surface area (Å²) in [6.45, 7) is 2.83. The third-order valence-corrected chi connectivity index (χ3v) is 4.87. The van der Waals surface area contributed by atoms with Crippen LogP contribution in [0.15, 0.2) is 35.8 Å². The quantitative estimate of drug-likeness (QED) is 0.807. The Balaban J connectivity index is 1.74. The zero-order valence-electron chi connectivity index (χ0n) is 12.0. The molecule has 1 aliphatic heterocycles. The zero-order valence-corrected chi connectivity index (χ0v) is 12.9. The van der Waals surface area contributed by atoms with Gasteiger partial charge in [0.1, 0.15) is 0 Å². The minimum Gasteiger partial charge on any atom is -0.350 e. The van der Waals surface area contributed by atoms with E-state index in [4.69, 9.17) is 4.98 Å². The molecule has 108 valence electrons. The van der Waals surface area contributed by atoms with Crippen LogP contribution in [0.3, 0.4) is 0 Å². The number of imidazole rings is 1. The van der Waals surface area contributed by atoms with Crippen molar-refractivity contribution in [2.75, 3.05) is 18.5 Å². The van der Waals surface area contributed by atoms with Gasteiger partial charge in [0, 0.05) is 31.2 Å². The Hall–Kier alpha value is -1.85. The predicted octanol–water partition coefficient (Wildman–Crippen LogP) is 2.68. The van der Waals surface area contributed by atoms with Gasteiger partial charge < -0.3 is 10.2 Å². The lowest BCUT2D eigenvalue weighted by Gasteiger charge is -2.29. The second-order valence-corrected chi connectivity index (χ2v) is 6.28. The summed E-state index contributed by atoms with van der Waals surface area (Å²) >= 11 is 1.70. The molecule has 4 nitrogen and oxygen atoms in total. The van der Waals surface area contributed by atoms with E-state index >= 15 is 0 Å². The summed E-state index contributed by atoms with van der Waals surface area (Å²) in [5.41, 5.74) is 4.16. The van der Waals surface area contributed by atoms with Crippen LogP contribution in [0.2, 0.25) is 0 Å². The first kappa shape index (κ1) is 12.9.